The Bertz CT molecular complexity index is 128. The smallest absolute Gasteiger partial charge is 0.155 e. The van der Waals surface area contributed by atoms with Crippen LogP contribution in [0.5, 0.6) is 0 Å². The molecular formula is C11H24O3. The lowest BCUT2D eigenvalue weighted by Gasteiger charge is -2.23. The van der Waals surface area contributed by atoms with Gasteiger partial charge in [-0.05, 0) is 27.2 Å². The predicted molar refractivity (Wildman–Crippen MR) is 57.2 cm³/mol. The van der Waals surface area contributed by atoms with Crippen molar-refractivity contribution in [2.75, 3.05) is 6.61 Å². The molecule has 0 aromatic carbocycles. The minimum atomic E-state index is -0.377. The van der Waals surface area contributed by atoms with Gasteiger partial charge >= 0.3 is 0 Å². The van der Waals surface area contributed by atoms with Gasteiger partial charge in [-0.1, -0.05) is 19.8 Å². The first-order chi connectivity index (χ1) is 6.61. The second-order valence-electron chi connectivity index (χ2n) is 3.57. The van der Waals surface area contributed by atoms with Crippen molar-refractivity contribution in [1.82, 2.24) is 0 Å². The molecule has 0 fully saturated rings. The maximum absolute atomic E-state index is 9.69. The summed E-state index contributed by atoms with van der Waals surface area (Å²) >= 11 is 0. The Kier molecular flexibility index (Phi) is 8.14. The van der Waals surface area contributed by atoms with Crippen molar-refractivity contribution in [1.29, 1.82) is 0 Å². The number of ether oxygens (including phenoxy) is 2. The average molecular weight is 204 g/mol. The van der Waals surface area contributed by atoms with Gasteiger partial charge in [0, 0.05) is 6.61 Å². The Labute approximate surface area is 87.4 Å². The monoisotopic (exact) mass is 204 g/mol. The fourth-order valence-corrected chi connectivity index (χ4v) is 1.31. The summed E-state index contributed by atoms with van der Waals surface area (Å²) in [5.41, 5.74) is 0. The number of hydrogen-bond acceptors (Lipinski definition) is 3. The van der Waals surface area contributed by atoms with Gasteiger partial charge in [-0.3, -0.25) is 0 Å². The fraction of sp³-hybridized carbons (Fsp3) is 1.00. The zero-order chi connectivity index (χ0) is 11.0. The standard InChI is InChI=1S/C11H24O3/c1-5-7-8-11(12)9(3)14-10(4)13-6-2/h9-12H,5-8H2,1-4H3/t9-,10?,11-/m0/s1. The summed E-state index contributed by atoms with van der Waals surface area (Å²) in [5, 5.41) is 9.69. The average Bonchev–Trinajstić information content (AvgIpc) is 2.14. The van der Waals surface area contributed by atoms with E-state index in [0.717, 1.165) is 19.3 Å². The molecule has 0 saturated carbocycles. The van der Waals surface area contributed by atoms with Gasteiger partial charge in [-0.2, -0.15) is 0 Å². The van der Waals surface area contributed by atoms with E-state index < -0.39 is 0 Å². The summed E-state index contributed by atoms with van der Waals surface area (Å²) in [6.45, 7) is 8.42. The Hall–Kier alpha value is -0.120. The molecule has 1 unspecified atom stereocenters. The highest BCUT2D eigenvalue weighted by Gasteiger charge is 2.16. The van der Waals surface area contributed by atoms with Crippen LogP contribution >= 0.6 is 0 Å². The van der Waals surface area contributed by atoms with E-state index in [-0.39, 0.29) is 18.5 Å². The third kappa shape index (κ3) is 6.35. The molecule has 1 N–H and O–H groups in total. The molecule has 0 bridgehead atoms. The molecule has 0 aliphatic carbocycles. The molecule has 86 valence electrons. The van der Waals surface area contributed by atoms with Crippen molar-refractivity contribution in [3.63, 3.8) is 0 Å². The normalized spacial score (nSPS) is 17.8. The quantitative estimate of drug-likeness (QED) is 0.617. The lowest BCUT2D eigenvalue weighted by atomic mass is 10.1. The van der Waals surface area contributed by atoms with Crippen molar-refractivity contribution >= 4 is 0 Å². The van der Waals surface area contributed by atoms with Crippen LogP contribution in [0.25, 0.3) is 0 Å². The molecule has 3 atom stereocenters. The Morgan fingerprint density at radius 2 is 1.86 bits per heavy atom. The Balaban J connectivity index is 3.64. The van der Waals surface area contributed by atoms with Gasteiger partial charge in [-0.15, -0.1) is 0 Å². The van der Waals surface area contributed by atoms with Gasteiger partial charge in [0.15, 0.2) is 6.29 Å². The SMILES string of the molecule is CCCC[C@H](O)[C@H](C)OC(C)OCC. The summed E-state index contributed by atoms with van der Waals surface area (Å²) in [6, 6.07) is 0. The van der Waals surface area contributed by atoms with Gasteiger partial charge in [-0.25, -0.2) is 0 Å². The van der Waals surface area contributed by atoms with E-state index >= 15 is 0 Å². The molecule has 0 aliphatic rings. The van der Waals surface area contributed by atoms with Crippen LogP contribution in [-0.4, -0.2) is 30.2 Å². The molecule has 0 amide bonds. The van der Waals surface area contributed by atoms with Crippen LogP contribution in [0.2, 0.25) is 0 Å². The van der Waals surface area contributed by atoms with Gasteiger partial charge in [0.1, 0.15) is 0 Å². The van der Waals surface area contributed by atoms with Crippen molar-refractivity contribution < 1.29 is 14.6 Å². The lowest BCUT2D eigenvalue weighted by Crippen LogP contribution is -2.30. The van der Waals surface area contributed by atoms with Crippen LogP contribution in [0.15, 0.2) is 0 Å². The first-order valence-electron chi connectivity index (χ1n) is 5.56. The van der Waals surface area contributed by atoms with Crippen molar-refractivity contribution in [2.24, 2.45) is 0 Å². The Morgan fingerprint density at radius 1 is 1.21 bits per heavy atom. The largest absolute Gasteiger partial charge is 0.390 e. The minimum absolute atomic E-state index is 0.150. The molecule has 0 spiro atoms. The summed E-state index contributed by atoms with van der Waals surface area (Å²) in [4.78, 5) is 0. The summed E-state index contributed by atoms with van der Waals surface area (Å²) in [5.74, 6) is 0. The summed E-state index contributed by atoms with van der Waals surface area (Å²) < 4.78 is 10.7. The summed E-state index contributed by atoms with van der Waals surface area (Å²) in [7, 11) is 0. The second kappa shape index (κ2) is 8.21. The molecule has 0 radical (unpaired) electrons. The number of aliphatic hydroxyl groups is 1. The molecule has 0 heterocycles. The molecule has 0 saturated heterocycles. The van der Waals surface area contributed by atoms with E-state index in [1.165, 1.54) is 0 Å². The van der Waals surface area contributed by atoms with E-state index in [2.05, 4.69) is 6.92 Å². The second-order valence-corrected chi connectivity index (χ2v) is 3.57. The third-order valence-corrected chi connectivity index (χ3v) is 2.20. The van der Waals surface area contributed by atoms with E-state index in [9.17, 15) is 5.11 Å². The molecule has 0 rings (SSSR count). The van der Waals surface area contributed by atoms with Crippen LogP contribution in [0.1, 0.15) is 47.0 Å². The van der Waals surface area contributed by atoms with E-state index in [1.807, 2.05) is 20.8 Å². The molecule has 0 aromatic rings. The molecule has 3 heteroatoms. The van der Waals surface area contributed by atoms with Crippen molar-refractivity contribution in [3.05, 3.63) is 0 Å². The van der Waals surface area contributed by atoms with Crippen LogP contribution in [0.4, 0.5) is 0 Å². The number of hydrogen-bond donors (Lipinski definition) is 1. The topological polar surface area (TPSA) is 38.7 Å². The number of unbranched alkanes of at least 4 members (excludes halogenated alkanes) is 1. The van der Waals surface area contributed by atoms with Gasteiger partial charge < -0.3 is 14.6 Å². The van der Waals surface area contributed by atoms with Crippen LogP contribution < -0.4 is 0 Å². The van der Waals surface area contributed by atoms with Gasteiger partial charge in [0.25, 0.3) is 0 Å². The van der Waals surface area contributed by atoms with E-state index in [1.54, 1.807) is 0 Å². The number of aliphatic hydroxyl groups excluding tert-OH is 1. The van der Waals surface area contributed by atoms with Crippen LogP contribution in [0.3, 0.4) is 0 Å². The minimum Gasteiger partial charge on any atom is -0.390 e. The first-order valence-corrected chi connectivity index (χ1v) is 5.56. The highest BCUT2D eigenvalue weighted by Crippen LogP contribution is 2.10. The zero-order valence-electron chi connectivity index (χ0n) is 9.82. The van der Waals surface area contributed by atoms with Crippen LogP contribution in [-0.2, 0) is 9.47 Å². The maximum atomic E-state index is 9.69. The Morgan fingerprint density at radius 3 is 2.36 bits per heavy atom. The molecular weight excluding hydrogens is 180 g/mol. The third-order valence-electron chi connectivity index (χ3n) is 2.20. The predicted octanol–water partition coefficient (Wildman–Crippen LogP) is 2.33. The fourth-order valence-electron chi connectivity index (χ4n) is 1.31. The van der Waals surface area contributed by atoms with Gasteiger partial charge in [0.05, 0.1) is 12.2 Å². The van der Waals surface area contributed by atoms with Crippen LogP contribution in [0, 0.1) is 0 Å². The van der Waals surface area contributed by atoms with E-state index in [4.69, 9.17) is 9.47 Å². The van der Waals surface area contributed by atoms with Crippen molar-refractivity contribution in [3.8, 4) is 0 Å². The molecule has 0 aliphatic heterocycles. The number of rotatable bonds is 8. The summed E-state index contributed by atoms with van der Waals surface area (Å²) in [6.07, 6.45) is 2.19. The highest BCUT2D eigenvalue weighted by atomic mass is 16.7. The molecule has 14 heavy (non-hydrogen) atoms. The van der Waals surface area contributed by atoms with Crippen molar-refractivity contribution in [2.45, 2.75) is 65.5 Å². The van der Waals surface area contributed by atoms with E-state index in [0.29, 0.717) is 6.61 Å². The zero-order valence-corrected chi connectivity index (χ0v) is 9.82. The van der Waals surface area contributed by atoms with Gasteiger partial charge in [0.2, 0.25) is 0 Å². The molecule has 3 nitrogen and oxygen atoms in total. The highest BCUT2D eigenvalue weighted by molar-refractivity contribution is 4.64. The molecule has 0 aromatic heterocycles. The lowest BCUT2D eigenvalue weighted by molar-refractivity contribution is -0.176. The maximum Gasteiger partial charge on any atom is 0.155 e. The first kappa shape index (κ1) is 13.9.